The molecule has 0 aliphatic carbocycles. The summed E-state index contributed by atoms with van der Waals surface area (Å²) in [5.74, 6) is -4.68. The molecule has 0 spiro atoms. The Morgan fingerprint density at radius 2 is 0.902 bits per heavy atom. The van der Waals surface area contributed by atoms with E-state index in [1.807, 2.05) is 0 Å². The molecule has 0 bridgehead atoms. The molecule has 58 heteroatoms. The van der Waals surface area contributed by atoms with Gasteiger partial charge in [0.05, 0.1) is 44.1 Å². The van der Waals surface area contributed by atoms with Gasteiger partial charge in [0, 0.05) is 86.1 Å². The van der Waals surface area contributed by atoms with E-state index in [4.69, 9.17) is 97.8 Å². The first-order valence-corrected chi connectivity index (χ1v) is 40.5. The molecule has 7 saturated heterocycles. The standard InChI is InChI=1S/C54H90N4O47S7/c1-22-24(18-85-110(69,70)71)88-49(31(32(22)78-2)57-29(60)16-10-9-13-17-55-28(59)15-12-11-14-27-30-23(21-106-27)56-54(65)58-30)93-38-36(80-4)43(82-6)52(95-41(38)47(61)62)92-34-26(20-87-112(75,76)77)90-53(46(99-109-105-102-68)40(34)97-107-103-100-66)94-39-37(81-5)44(83-7)51(96-42(39)48(63)64)91-33-25(19-86-111(72,73)74)89-50(84-8)45(35(33)79-3)98-108-104-101-67/h22-27,30-46,49-53,66-68H,9-21H2,1-8H3,(H,55,59)(H,57,60)(H,61,62)(H,63,64)(H2,56,58,65)(H,69,70,71)(H,72,73,74)(H,75,76,77)/t22-,23?,24?,25?,26+,27?,30?,31?,32+,33-,34-,35+,36+,37?,38+,39+,40?,41?,42-,43?,44?,45?,46?,49+,50+,51+,52-,53-/m1/s1. The van der Waals surface area contributed by atoms with Crippen molar-refractivity contribution in [3.8, 4) is 0 Å². The van der Waals surface area contributed by atoms with Crippen LogP contribution in [0.25, 0.3) is 0 Å². The smallest absolute Gasteiger partial charge is 0.397 e. The van der Waals surface area contributed by atoms with E-state index in [1.54, 1.807) is 11.8 Å². The number of methoxy groups -OCH3 is 7. The molecule has 28 atom stereocenters. The average Bonchev–Trinajstić information content (AvgIpc) is 0.887. The van der Waals surface area contributed by atoms with Crippen LogP contribution in [0.2, 0.25) is 0 Å². The maximum absolute atomic E-state index is 14.0. The molecular weight excluding hydrogens is 1680 g/mol. The molecule has 7 fully saturated rings. The minimum atomic E-state index is -5.56. The van der Waals surface area contributed by atoms with Crippen molar-refractivity contribution < 1.29 is 218 Å². The Balaban J connectivity index is 1.14. The zero-order valence-electron chi connectivity index (χ0n) is 60.2. The molecule has 51 nitrogen and oxygen atoms in total. The van der Waals surface area contributed by atoms with Crippen LogP contribution in [0.4, 0.5) is 4.79 Å². The van der Waals surface area contributed by atoms with Crippen LogP contribution in [0.15, 0.2) is 0 Å². The minimum Gasteiger partial charge on any atom is -0.479 e. The second-order valence-corrected chi connectivity index (χ2v) is 30.9. The molecule has 650 valence electrons. The lowest BCUT2D eigenvalue weighted by molar-refractivity contribution is -0.437. The number of amides is 4. The molecule has 0 aromatic heterocycles. The summed E-state index contributed by atoms with van der Waals surface area (Å²) in [4.78, 5) is 65.7. The van der Waals surface area contributed by atoms with Crippen molar-refractivity contribution in [2.45, 2.75) is 223 Å². The summed E-state index contributed by atoms with van der Waals surface area (Å²) in [6.07, 6.45) is -40.5. The highest BCUT2D eigenvalue weighted by atomic mass is 32.3. The van der Waals surface area contributed by atoms with Gasteiger partial charge in [-0.15, -0.1) is 13.0 Å². The molecule has 0 radical (unpaired) electrons. The number of nitrogens with one attached hydrogen (secondary N) is 4. The summed E-state index contributed by atoms with van der Waals surface area (Å²) in [5, 5.41) is 72.1. The minimum absolute atomic E-state index is 0.00110. The van der Waals surface area contributed by atoms with E-state index in [2.05, 4.69) is 57.7 Å². The molecule has 4 amide bonds. The second kappa shape index (κ2) is 46.6. The fourth-order valence-electron chi connectivity index (χ4n) is 13.4. The lowest BCUT2D eigenvalue weighted by atomic mass is 9.88. The van der Waals surface area contributed by atoms with Crippen LogP contribution >= 0.6 is 48.7 Å². The highest BCUT2D eigenvalue weighted by Crippen LogP contribution is 2.43. The first-order valence-electron chi connectivity index (χ1n) is 33.4. The van der Waals surface area contributed by atoms with Crippen molar-refractivity contribution >= 4 is 110 Å². The first-order chi connectivity index (χ1) is 53.3. The maximum Gasteiger partial charge on any atom is 0.397 e. The zero-order valence-corrected chi connectivity index (χ0v) is 65.9. The third-order valence-corrected chi connectivity index (χ3v) is 22.4. The fraction of sp³-hybridized carbons (Fsp3) is 0.907. The van der Waals surface area contributed by atoms with E-state index >= 15 is 0 Å². The summed E-state index contributed by atoms with van der Waals surface area (Å²) in [5.41, 5.74) is 0. The van der Waals surface area contributed by atoms with Crippen molar-refractivity contribution in [1.29, 1.82) is 0 Å². The Morgan fingerprint density at radius 1 is 0.482 bits per heavy atom. The second-order valence-electron chi connectivity index (χ2n) is 24.9. The van der Waals surface area contributed by atoms with E-state index in [-0.39, 0.29) is 85.5 Å². The van der Waals surface area contributed by atoms with Gasteiger partial charge in [0.2, 0.25) is 11.8 Å². The number of carbonyl (C=O) groups is 5. The number of hydrogen-bond acceptors (Lipinski definition) is 46. The number of thioether (sulfide) groups is 1. The number of carboxylic acid groups (broad SMARTS) is 2. The summed E-state index contributed by atoms with van der Waals surface area (Å²) in [6.45, 7) is -1.61. The average molecular weight is 1770 g/mol. The number of fused-ring (bicyclic) bond motifs is 1. The van der Waals surface area contributed by atoms with Crippen LogP contribution in [0.5, 0.6) is 0 Å². The first kappa shape index (κ1) is 96.2. The van der Waals surface area contributed by atoms with E-state index in [0.717, 1.165) is 61.3 Å². The Morgan fingerprint density at radius 3 is 1.38 bits per heavy atom. The third-order valence-electron chi connectivity index (χ3n) is 18.3. The monoisotopic (exact) mass is 1770 g/mol. The lowest BCUT2D eigenvalue weighted by Crippen LogP contribution is -2.69. The van der Waals surface area contributed by atoms with Crippen LogP contribution < -0.4 is 21.3 Å². The predicted octanol–water partition coefficient (Wildman–Crippen LogP) is -1.85. The predicted molar refractivity (Wildman–Crippen MR) is 361 cm³/mol. The van der Waals surface area contributed by atoms with Gasteiger partial charge in [-0.2, -0.15) is 37.0 Å². The molecule has 112 heavy (non-hydrogen) atoms. The molecule has 0 saturated carbocycles. The number of hydrogen-bond donors (Lipinski definition) is 12. The van der Waals surface area contributed by atoms with E-state index < -0.39 is 222 Å². The van der Waals surface area contributed by atoms with Crippen molar-refractivity contribution in [2.75, 3.05) is 81.9 Å². The molecular formula is C54H90N4O47S7. The normalized spacial score (nSPS) is 35.9. The molecule has 7 aliphatic rings. The van der Waals surface area contributed by atoms with Crippen LogP contribution in [0, 0.1) is 5.92 Å². The SMILES string of the molecule is COC1C(OC)[C@H](O[C@H]2O[C@@H](COS(=O)(=O)O)[C@@H](O[C@@H]3OC(C(=O)O)[C@@H](O[C@@H]4OC(COS(=O)(=O)O)[C@@H](C)[C@H](OC)C4NC(=O)CCCCCNC(=O)CCCCC4SCC5NC(=O)NC54)[C@H](OC)C3OC)C(OSOOO)C2OSOOO)[C@H](C(=O)O)O[C@@H]1O[C@@H]1C(COS(=O)(=O)O)O[C@H](OC)C(OSOOO)[C@H]1OC. The van der Waals surface area contributed by atoms with E-state index in [0.29, 0.717) is 25.8 Å². The summed E-state index contributed by atoms with van der Waals surface area (Å²) < 4.78 is 242. The zero-order chi connectivity index (χ0) is 82.2. The number of rotatable bonds is 50. The van der Waals surface area contributed by atoms with Crippen LogP contribution in [-0.4, -0.2) is 341 Å². The van der Waals surface area contributed by atoms with Gasteiger partial charge in [-0.3, -0.25) is 35.8 Å². The number of unbranched alkanes of at least 4 members (excludes halogenated alkanes) is 3. The number of urea groups is 1. The third kappa shape index (κ3) is 27.5. The Hall–Kier alpha value is -2.96. The van der Waals surface area contributed by atoms with E-state index in [1.165, 1.54) is 14.0 Å². The Bertz CT molecular complexity index is 3270. The number of carboxylic acids is 2. The summed E-state index contributed by atoms with van der Waals surface area (Å²) in [7, 11) is -8.48. The highest BCUT2D eigenvalue weighted by Gasteiger charge is 2.62. The van der Waals surface area contributed by atoms with Crippen molar-refractivity contribution in [1.82, 2.24) is 21.3 Å². The Labute approximate surface area is 656 Å². The molecule has 12 N–H and O–H groups in total. The quantitative estimate of drug-likeness (QED) is 0.00794. The van der Waals surface area contributed by atoms with Gasteiger partial charge in [0.25, 0.3) is 0 Å². The number of aliphatic carboxylic acids is 2. The molecule has 7 rings (SSSR count). The Kier molecular flexibility index (Phi) is 40.0. The molecule has 0 aromatic rings. The topological polar surface area (TPSA) is 656 Å². The summed E-state index contributed by atoms with van der Waals surface area (Å²) >= 11 is 1.23. The van der Waals surface area contributed by atoms with E-state index in [9.17, 15) is 83.6 Å². The van der Waals surface area contributed by atoms with Crippen molar-refractivity contribution in [2.24, 2.45) is 5.92 Å². The van der Waals surface area contributed by atoms with Gasteiger partial charge < -0.3 is 107 Å². The van der Waals surface area contributed by atoms with Gasteiger partial charge in [0.15, 0.2) is 92.8 Å². The van der Waals surface area contributed by atoms with Crippen molar-refractivity contribution in [3.05, 3.63) is 0 Å². The highest BCUT2D eigenvalue weighted by molar-refractivity contribution is 8.00. The van der Waals surface area contributed by atoms with Crippen molar-refractivity contribution in [3.63, 3.8) is 0 Å². The molecule has 0 aromatic carbocycles. The number of ether oxygens (including phenoxy) is 16. The lowest BCUT2D eigenvalue weighted by Gasteiger charge is -2.51. The fourth-order valence-corrected chi connectivity index (χ4v) is 17.0. The largest absolute Gasteiger partial charge is 0.479 e. The van der Waals surface area contributed by atoms with Gasteiger partial charge in [0.1, 0.15) is 79.3 Å². The van der Waals surface area contributed by atoms with Gasteiger partial charge >= 0.3 is 49.2 Å². The van der Waals surface area contributed by atoms with Gasteiger partial charge in [-0.05, 0) is 25.7 Å². The molecule has 13 unspecified atom stereocenters. The maximum atomic E-state index is 14.0. The van der Waals surface area contributed by atoms with Crippen LogP contribution in [0.3, 0.4) is 0 Å². The van der Waals surface area contributed by atoms with Crippen LogP contribution in [-0.2, 0) is 179 Å². The van der Waals surface area contributed by atoms with Gasteiger partial charge in [-0.25, -0.2) is 42.7 Å². The molecule has 7 aliphatic heterocycles. The van der Waals surface area contributed by atoms with Gasteiger partial charge in [-0.1, -0.05) is 34.9 Å². The molecule has 7 heterocycles. The number of carbonyl (C=O) groups excluding carboxylic acids is 3. The summed E-state index contributed by atoms with van der Waals surface area (Å²) in [6, 6.07) is -1.46. The van der Waals surface area contributed by atoms with Crippen LogP contribution in [0.1, 0.15) is 58.3 Å².